The van der Waals surface area contributed by atoms with Gasteiger partial charge in [-0.3, -0.25) is 19.5 Å². The predicted octanol–water partition coefficient (Wildman–Crippen LogP) is 3.02. The molecule has 1 aromatic heterocycles. The highest BCUT2D eigenvalue weighted by Gasteiger charge is 2.22. The number of carbonyl (C=O) groups excluding carboxylic acids is 2. The number of pyridine rings is 1. The lowest BCUT2D eigenvalue weighted by molar-refractivity contribution is -0.134. The molecule has 0 atom stereocenters. The van der Waals surface area contributed by atoms with Crippen LogP contribution in [0.25, 0.3) is 0 Å². The molecule has 0 aliphatic carbocycles. The zero-order valence-corrected chi connectivity index (χ0v) is 17.4. The summed E-state index contributed by atoms with van der Waals surface area (Å²) >= 11 is 0. The molecule has 0 unspecified atom stereocenters. The first-order valence-electron chi connectivity index (χ1n) is 10.3. The van der Waals surface area contributed by atoms with Gasteiger partial charge in [-0.05, 0) is 42.7 Å². The first kappa shape index (κ1) is 21.0. The molecule has 0 bridgehead atoms. The zero-order valence-electron chi connectivity index (χ0n) is 17.4. The van der Waals surface area contributed by atoms with E-state index in [0.717, 1.165) is 37.4 Å². The molecule has 29 heavy (non-hydrogen) atoms. The van der Waals surface area contributed by atoms with Gasteiger partial charge in [0.25, 0.3) is 0 Å². The van der Waals surface area contributed by atoms with E-state index in [1.807, 2.05) is 41.4 Å². The van der Waals surface area contributed by atoms with E-state index in [1.165, 1.54) is 11.1 Å². The third-order valence-electron chi connectivity index (χ3n) is 5.40. The monoisotopic (exact) mass is 394 g/mol. The first-order valence-corrected chi connectivity index (χ1v) is 10.3. The van der Waals surface area contributed by atoms with Gasteiger partial charge >= 0.3 is 0 Å². The minimum Gasteiger partial charge on any atom is -0.340 e. The van der Waals surface area contributed by atoms with Crippen molar-refractivity contribution in [1.82, 2.24) is 14.8 Å². The molecule has 1 saturated heterocycles. The van der Waals surface area contributed by atoms with E-state index in [-0.39, 0.29) is 24.7 Å². The fourth-order valence-corrected chi connectivity index (χ4v) is 3.52. The maximum absolute atomic E-state index is 12.5. The van der Waals surface area contributed by atoms with E-state index in [2.05, 4.69) is 35.1 Å². The maximum atomic E-state index is 12.5. The third-order valence-corrected chi connectivity index (χ3v) is 5.40. The Kier molecular flexibility index (Phi) is 7.36. The Balaban J connectivity index is 1.40. The lowest BCUT2D eigenvalue weighted by Crippen LogP contribution is -2.48. The van der Waals surface area contributed by atoms with Crippen LogP contribution in [0.4, 0.5) is 5.69 Å². The van der Waals surface area contributed by atoms with Crippen LogP contribution in [0.1, 0.15) is 36.6 Å². The van der Waals surface area contributed by atoms with Gasteiger partial charge in [0, 0.05) is 57.4 Å². The van der Waals surface area contributed by atoms with Crippen LogP contribution in [0.15, 0.2) is 42.6 Å². The van der Waals surface area contributed by atoms with Crippen LogP contribution < -0.4 is 5.32 Å². The van der Waals surface area contributed by atoms with E-state index in [4.69, 9.17) is 0 Å². The highest BCUT2D eigenvalue weighted by Crippen LogP contribution is 2.13. The molecule has 0 saturated carbocycles. The number of aromatic nitrogens is 1. The molecular weight excluding hydrogens is 364 g/mol. The van der Waals surface area contributed by atoms with Gasteiger partial charge in [-0.25, -0.2) is 0 Å². The molecule has 154 valence electrons. The molecule has 6 nitrogen and oxygen atoms in total. The predicted molar refractivity (Wildman–Crippen MR) is 115 cm³/mol. The van der Waals surface area contributed by atoms with Gasteiger partial charge in [-0.1, -0.05) is 25.1 Å². The Labute approximate surface area is 172 Å². The zero-order chi connectivity index (χ0) is 20.6. The average Bonchev–Trinajstić information content (AvgIpc) is 2.74. The molecule has 6 heteroatoms. The molecule has 0 spiro atoms. The van der Waals surface area contributed by atoms with Gasteiger partial charge in [-0.15, -0.1) is 0 Å². The normalized spacial score (nSPS) is 14.6. The highest BCUT2D eigenvalue weighted by molar-refractivity contribution is 5.93. The van der Waals surface area contributed by atoms with Gasteiger partial charge in [-0.2, -0.15) is 0 Å². The summed E-state index contributed by atoms with van der Waals surface area (Å²) in [4.78, 5) is 33.3. The second-order valence-corrected chi connectivity index (χ2v) is 7.53. The SMILES string of the molecule is CCc1cccc(NC(=O)CCC(=O)N2CCN(Cc3ncccc3C)CC2)c1. The molecule has 0 radical (unpaired) electrons. The Hall–Kier alpha value is -2.73. The number of hydrogen-bond donors (Lipinski definition) is 1. The van der Waals surface area contributed by atoms with Crippen LogP contribution >= 0.6 is 0 Å². The third kappa shape index (κ3) is 6.12. The fourth-order valence-electron chi connectivity index (χ4n) is 3.52. The van der Waals surface area contributed by atoms with Crippen molar-refractivity contribution in [1.29, 1.82) is 0 Å². The van der Waals surface area contributed by atoms with E-state index in [0.29, 0.717) is 13.1 Å². The van der Waals surface area contributed by atoms with Crippen molar-refractivity contribution in [3.63, 3.8) is 0 Å². The second kappa shape index (κ2) is 10.2. The number of carbonyl (C=O) groups is 2. The summed E-state index contributed by atoms with van der Waals surface area (Å²) in [6, 6.07) is 11.8. The van der Waals surface area contributed by atoms with Gasteiger partial charge in [0.1, 0.15) is 0 Å². The summed E-state index contributed by atoms with van der Waals surface area (Å²) in [5.74, 6) is -0.0630. The van der Waals surface area contributed by atoms with Crippen molar-refractivity contribution in [2.45, 2.75) is 39.7 Å². The van der Waals surface area contributed by atoms with E-state index in [9.17, 15) is 9.59 Å². The number of rotatable bonds is 7. The minimum absolute atomic E-state index is 0.0520. The van der Waals surface area contributed by atoms with Crippen LogP contribution in [0.2, 0.25) is 0 Å². The van der Waals surface area contributed by atoms with Crippen LogP contribution in [0.3, 0.4) is 0 Å². The molecule has 3 rings (SSSR count). The number of hydrogen-bond acceptors (Lipinski definition) is 4. The molecular formula is C23H30N4O2. The second-order valence-electron chi connectivity index (χ2n) is 7.53. The van der Waals surface area contributed by atoms with E-state index >= 15 is 0 Å². The number of piperazine rings is 1. The Bertz CT molecular complexity index is 844. The van der Waals surface area contributed by atoms with Gasteiger partial charge in [0.2, 0.25) is 11.8 Å². The number of benzene rings is 1. The summed E-state index contributed by atoms with van der Waals surface area (Å²) in [7, 11) is 0. The Morgan fingerprint density at radius 3 is 2.59 bits per heavy atom. The molecule has 1 aliphatic rings. The topological polar surface area (TPSA) is 65.5 Å². The highest BCUT2D eigenvalue weighted by atomic mass is 16.2. The van der Waals surface area contributed by atoms with Crippen LogP contribution in [-0.2, 0) is 22.6 Å². The fraction of sp³-hybridized carbons (Fsp3) is 0.435. The lowest BCUT2D eigenvalue weighted by Gasteiger charge is -2.34. The number of anilines is 1. The molecule has 2 aromatic rings. The number of nitrogens with zero attached hydrogens (tertiary/aromatic N) is 3. The largest absolute Gasteiger partial charge is 0.340 e. The van der Waals surface area contributed by atoms with Crippen molar-refractivity contribution in [3.8, 4) is 0 Å². The molecule has 1 N–H and O–H groups in total. The van der Waals surface area contributed by atoms with Crippen molar-refractivity contribution in [2.75, 3.05) is 31.5 Å². The average molecular weight is 395 g/mol. The summed E-state index contributed by atoms with van der Waals surface area (Å²) < 4.78 is 0. The minimum atomic E-state index is -0.115. The summed E-state index contributed by atoms with van der Waals surface area (Å²) in [6.45, 7) is 8.03. The number of nitrogens with one attached hydrogen (secondary N) is 1. The summed E-state index contributed by atoms with van der Waals surface area (Å²) in [6.07, 6.45) is 3.21. The Morgan fingerprint density at radius 2 is 1.86 bits per heavy atom. The van der Waals surface area contributed by atoms with E-state index in [1.54, 1.807) is 0 Å². The van der Waals surface area contributed by atoms with Crippen molar-refractivity contribution in [2.24, 2.45) is 0 Å². The van der Waals surface area contributed by atoms with Crippen LogP contribution in [-0.4, -0.2) is 52.8 Å². The van der Waals surface area contributed by atoms with Crippen LogP contribution in [0, 0.1) is 6.92 Å². The van der Waals surface area contributed by atoms with Crippen molar-refractivity contribution < 1.29 is 9.59 Å². The summed E-state index contributed by atoms with van der Waals surface area (Å²) in [5.41, 5.74) is 4.26. The smallest absolute Gasteiger partial charge is 0.224 e. The molecule has 1 aromatic carbocycles. The molecule has 2 amide bonds. The van der Waals surface area contributed by atoms with Gasteiger partial charge in [0.05, 0.1) is 5.69 Å². The number of aryl methyl sites for hydroxylation is 2. The first-order chi connectivity index (χ1) is 14.0. The number of amides is 2. The van der Waals surface area contributed by atoms with Crippen molar-refractivity contribution >= 4 is 17.5 Å². The quantitative estimate of drug-likeness (QED) is 0.784. The molecule has 1 aliphatic heterocycles. The van der Waals surface area contributed by atoms with Crippen LogP contribution in [0.5, 0.6) is 0 Å². The maximum Gasteiger partial charge on any atom is 0.224 e. The standard InChI is InChI=1S/C23H30N4O2/c1-3-19-7-4-8-20(16-19)25-22(28)9-10-23(29)27-14-12-26(13-15-27)17-21-18(2)6-5-11-24-21/h4-8,11,16H,3,9-10,12-15,17H2,1-2H3,(H,25,28). The Morgan fingerprint density at radius 1 is 1.07 bits per heavy atom. The van der Waals surface area contributed by atoms with Gasteiger partial charge < -0.3 is 10.2 Å². The molecule has 2 heterocycles. The summed E-state index contributed by atoms with van der Waals surface area (Å²) in [5, 5.41) is 2.89. The van der Waals surface area contributed by atoms with E-state index < -0.39 is 0 Å². The van der Waals surface area contributed by atoms with Crippen molar-refractivity contribution in [3.05, 3.63) is 59.4 Å². The lowest BCUT2D eigenvalue weighted by atomic mass is 10.1. The molecule has 1 fully saturated rings. The van der Waals surface area contributed by atoms with Gasteiger partial charge in [0.15, 0.2) is 0 Å².